The van der Waals surface area contributed by atoms with Gasteiger partial charge in [-0.3, -0.25) is 0 Å². The number of hydrogen-bond acceptors (Lipinski definition) is 2. The summed E-state index contributed by atoms with van der Waals surface area (Å²) in [5.74, 6) is 0. The van der Waals surface area contributed by atoms with E-state index in [9.17, 15) is 0 Å². The number of para-hydroxylation sites is 1. The Hall–Kier alpha value is -5.60. The van der Waals surface area contributed by atoms with Crippen molar-refractivity contribution in [1.82, 2.24) is 0 Å². The van der Waals surface area contributed by atoms with Gasteiger partial charge in [0.05, 0.1) is 6.26 Å². The molecule has 0 fully saturated rings. The van der Waals surface area contributed by atoms with Crippen LogP contribution in [0.4, 0.5) is 0 Å². The van der Waals surface area contributed by atoms with Crippen LogP contribution >= 0.6 is 0 Å². The van der Waals surface area contributed by atoms with Gasteiger partial charge in [0.2, 0.25) is 0 Å². The fourth-order valence-electron chi connectivity index (χ4n) is 6.68. The summed E-state index contributed by atoms with van der Waals surface area (Å²) in [4.78, 5) is 0. The first-order valence-electron chi connectivity index (χ1n) is 14.3. The van der Waals surface area contributed by atoms with Crippen molar-refractivity contribution in [3.63, 3.8) is 0 Å². The topological polar surface area (TPSA) is 26.3 Å². The van der Waals surface area contributed by atoms with Gasteiger partial charge < -0.3 is 8.83 Å². The molecule has 0 aliphatic rings. The van der Waals surface area contributed by atoms with Gasteiger partial charge in [-0.2, -0.15) is 0 Å². The third kappa shape index (κ3) is 3.33. The summed E-state index contributed by atoms with van der Waals surface area (Å²) in [5.41, 5.74) is 9.58. The predicted octanol–water partition coefficient (Wildman–Crippen LogP) is 11.6. The highest BCUT2D eigenvalue weighted by molar-refractivity contribution is 6.25. The van der Waals surface area contributed by atoms with Crippen molar-refractivity contribution >= 4 is 54.5 Å². The molecule has 0 aliphatic heterocycles. The molecule has 0 bridgehead atoms. The Labute approximate surface area is 242 Å². The van der Waals surface area contributed by atoms with Crippen molar-refractivity contribution in [3.8, 4) is 33.4 Å². The summed E-state index contributed by atoms with van der Waals surface area (Å²) < 4.78 is 12.7. The minimum atomic E-state index is 0.784. The Balaban J connectivity index is 1.35. The maximum absolute atomic E-state index is 6.33. The van der Waals surface area contributed by atoms with Crippen LogP contribution in [0, 0.1) is 0 Å². The van der Waals surface area contributed by atoms with E-state index in [0.29, 0.717) is 0 Å². The van der Waals surface area contributed by atoms with E-state index in [0.717, 1.165) is 38.5 Å². The van der Waals surface area contributed by atoms with Gasteiger partial charge in [0.1, 0.15) is 5.58 Å². The smallest absolute Gasteiger partial charge is 0.178 e. The molecule has 7 aromatic carbocycles. The third-order valence-electron chi connectivity index (χ3n) is 8.55. The van der Waals surface area contributed by atoms with Gasteiger partial charge in [0.25, 0.3) is 0 Å². The predicted molar refractivity (Wildman–Crippen MR) is 175 cm³/mol. The number of benzene rings is 7. The van der Waals surface area contributed by atoms with E-state index < -0.39 is 0 Å². The van der Waals surface area contributed by atoms with Gasteiger partial charge in [-0.15, -0.1) is 0 Å². The molecular formula is C40H24O2. The van der Waals surface area contributed by atoms with Crippen molar-refractivity contribution in [2.45, 2.75) is 0 Å². The van der Waals surface area contributed by atoms with Gasteiger partial charge >= 0.3 is 0 Å². The molecule has 2 nitrogen and oxygen atoms in total. The van der Waals surface area contributed by atoms with Crippen LogP contribution in [0.25, 0.3) is 87.8 Å². The van der Waals surface area contributed by atoms with Gasteiger partial charge in [-0.1, -0.05) is 115 Å². The second-order valence-electron chi connectivity index (χ2n) is 10.9. The highest BCUT2D eigenvalue weighted by Gasteiger charge is 2.21. The molecule has 196 valence electrons. The summed E-state index contributed by atoms with van der Waals surface area (Å²) in [6.07, 6.45) is 1.90. The second-order valence-corrected chi connectivity index (χ2v) is 10.9. The zero-order chi connectivity index (χ0) is 27.6. The van der Waals surface area contributed by atoms with Crippen LogP contribution < -0.4 is 0 Å². The van der Waals surface area contributed by atoms with Gasteiger partial charge in [0.15, 0.2) is 11.2 Å². The maximum Gasteiger partial charge on any atom is 0.178 e. The van der Waals surface area contributed by atoms with Gasteiger partial charge in [-0.05, 0) is 68.1 Å². The molecular weight excluding hydrogens is 512 g/mol. The van der Waals surface area contributed by atoms with Crippen molar-refractivity contribution in [2.75, 3.05) is 0 Å². The Bertz CT molecular complexity index is 2400. The quantitative estimate of drug-likeness (QED) is 0.210. The lowest BCUT2D eigenvalue weighted by molar-refractivity contribution is 0.601. The second kappa shape index (κ2) is 8.95. The third-order valence-corrected chi connectivity index (χ3v) is 8.55. The summed E-state index contributed by atoms with van der Waals surface area (Å²) >= 11 is 0. The SMILES string of the molecule is c1ccc(-c2cccc(-c3c4ccccc4c(-c4coc5c4ccc4c6ccccc6oc45)c4ccccc34)c2)cc1. The Morgan fingerprint density at radius 1 is 0.357 bits per heavy atom. The Kier molecular flexibility index (Phi) is 4.93. The molecule has 0 saturated carbocycles. The van der Waals surface area contributed by atoms with Crippen LogP contribution in [0.3, 0.4) is 0 Å². The normalized spacial score (nSPS) is 11.8. The maximum atomic E-state index is 6.33. The summed E-state index contributed by atoms with van der Waals surface area (Å²) in [6.45, 7) is 0. The van der Waals surface area contributed by atoms with Crippen LogP contribution in [-0.4, -0.2) is 0 Å². The van der Waals surface area contributed by atoms with Gasteiger partial charge in [0, 0.05) is 27.3 Å². The fourth-order valence-corrected chi connectivity index (χ4v) is 6.68. The molecule has 0 N–H and O–H groups in total. The number of hydrogen-bond donors (Lipinski definition) is 0. The molecule has 0 aliphatic carbocycles. The van der Waals surface area contributed by atoms with Gasteiger partial charge in [-0.25, -0.2) is 0 Å². The summed E-state index contributed by atoms with van der Waals surface area (Å²) in [7, 11) is 0. The number of fused-ring (bicyclic) bond motifs is 7. The molecule has 2 heteroatoms. The fraction of sp³-hybridized carbons (Fsp3) is 0. The average molecular weight is 537 g/mol. The van der Waals surface area contributed by atoms with E-state index in [-0.39, 0.29) is 0 Å². The molecule has 0 amide bonds. The van der Waals surface area contributed by atoms with E-state index >= 15 is 0 Å². The molecule has 0 spiro atoms. The van der Waals surface area contributed by atoms with E-state index in [1.165, 1.54) is 49.4 Å². The van der Waals surface area contributed by atoms with E-state index in [2.05, 4.69) is 121 Å². The monoisotopic (exact) mass is 536 g/mol. The first-order valence-corrected chi connectivity index (χ1v) is 14.3. The molecule has 42 heavy (non-hydrogen) atoms. The van der Waals surface area contributed by atoms with E-state index in [1.54, 1.807) is 0 Å². The van der Waals surface area contributed by atoms with Crippen LogP contribution in [0.2, 0.25) is 0 Å². The molecule has 0 radical (unpaired) electrons. The van der Waals surface area contributed by atoms with E-state index in [1.807, 2.05) is 24.5 Å². The summed E-state index contributed by atoms with van der Waals surface area (Å²) in [5, 5.41) is 8.06. The molecule has 9 rings (SSSR count). The minimum absolute atomic E-state index is 0.784. The highest BCUT2D eigenvalue weighted by atomic mass is 16.4. The lowest BCUT2D eigenvalue weighted by atomic mass is 9.85. The summed E-state index contributed by atoms with van der Waals surface area (Å²) in [6, 6.07) is 49.5. The largest absolute Gasteiger partial charge is 0.460 e. The lowest BCUT2D eigenvalue weighted by Crippen LogP contribution is -1.90. The molecule has 0 atom stereocenters. The molecule has 0 saturated heterocycles. The Morgan fingerprint density at radius 3 is 1.67 bits per heavy atom. The van der Waals surface area contributed by atoms with Crippen molar-refractivity contribution < 1.29 is 8.83 Å². The number of rotatable bonds is 3. The zero-order valence-corrected chi connectivity index (χ0v) is 22.7. The first kappa shape index (κ1) is 23.1. The van der Waals surface area contributed by atoms with Crippen LogP contribution in [0.15, 0.2) is 155 Å². The molecule has 2 aromatic heterocycles. The zero-order valence-electron chi connectivity index (χ0n) is 22.7. The van der Waals surface area contributed by atoms with E-state index in [4.69, 9.17) is 8.83 Å². The first-order chi connectivity index (χ1) is 20.8. The van der Waals surface area contributed by atoms with Crippen LogP contribution in [-0.2, 0) is 0 Å². The standard InChI is InChI=1S/C40H24O2/c1-2-11-25(12-3-1)26-13-10-14-27(23-26)37-29-16-4-6-18-31(29)38(32-19-7-5-17-30(32)37)35-24-41-39-34(35)22-21-33-28-15-8-9-20-36(28)42-40(33)39/h1-24H. The van der Waals surface area contributed by atoms with Crippen molar-refractivity contribution in [2.24, 2.45) is 0 Å². The molecule has 2 heterocycles. The van der Waals surface area contributed by atoms with Crippen LogP contribution in [0.1, 0.15) is 0 Å². The molecule has 0 unspecified atom stereocenters. The number of furan rings is 2. The Morgan fingerprint density at radius 2 is 0.929 bits per heavy atom. The lowest BCUT2D eigenvalue weighted by Gasteiger charge is -2.17. The van der Waals surface area contributed by atoms with Crippen molar-refractivity contribution in [3.05, 3.63) is 146 Å². The highest BCUT2D eigenvalue weighted by Crippen LogP contribution is 2.47. The van der Waals surface area contributed by atoms with Crippen LogP contribution in [0.5, 0.6) is 0 Å². The molecule has 9 aromatic rings. The minimum Gasteiger partial charge on any atom is -0.460 e. The average Bonchev–Trinajstić information content (AvgIpc) is 3.66. The van der Waals surface area contributed by atoms with Crippen molar-refractivity contribution in [1.29, 1.82) is 0 Å².